The fourth-order valence-corrected chi connectivity index (χ4v) is 2.20. The Kier molecular flexibility index (Phi) is 3.86. The number of pyridine rings is 1. The zero-order chi connectivity index (χ0) is 15.1. The topological polar surface area (TPSA) is 34.6 Å². The van der Waals surface area contributed by atoms with Gasteiger partial charge in [0.15, 0.2) is 0 Å². The Hall–Kier alpha value is -1.07. The predicted octanol–water partition coefficient (Wildman–Crippen LogP) is 2.15. The van der Waals surface area contributed by atoms with Gasteiger partial charge in [0.25, 0.3) is 0 Å². The third kappa shape index (κ3) is 2.57. The summed E-state index contributed by atoms with van der Waals surface area (Å²) >= 11 is 0. The van der Waals surface area contributed by atoms with Gasteiger partial charge in [-0.3, -0.25) is 4.98 Å². The van der Waals surface area contributed by atoms with Crippen molar-refractivity contribution >= 4 is 18.3 Å². The van der Waals surface area contributed by atoms with Gasteiger partial charge in [0.05, 0.1) is 22.6 Å². The van der Waals surface area contributed by atoms with Crippen LogP contribution in [0, 0.1) is 6.92 Å². The normalized spacial score (nSPS) is 20.2. The van der Waals surface area contributed by atoms with Gasteiger partial charge in [-0.05, 0) is 47.6 Å². The van der Waals surface area contributed by atoms with E-state index in [2.05, 4.69) is 57.6 Å². The van der Waals surface area contributed by atoms with Crippen molar-refractivity contribution in [2.24, 2.45) is 0 Å². The Morgan fingerprint density at radius 3 is 2.25 bits per heavy atom. The molecular formula is C15H25BN2O2. The Morgan fingerprint density at radius 1 is 1.20 bits per heavy atom. The molecule has 0 unspecified atom stereocenters. The first-order chi connectivity index (χ1) is 9.18. The molecule has 110 valence electrons. The van der Waals surface area contributed by atoms with Crippen molar-refractivity contribution in [1.29, 1.82) is 0 Å². The lowest BCUT2D eigenvalue weighted by atomic mass is 9.80. The fourth-order valence-electron chi connectivity index (χ4n) is 2.20. The van der Waals surface area contributed by atoms with E-state index in [0.29, 0.717) is 0 Å². The summed E-state index contributed by atoms with van der Waals surface area (Å²) in [6.07, 6.45) is 1.85. The average molecular weight is 276 g/mol. The molecule has 2 rings (SSSR count). The van der Waals surface area contributed by atoms with E-state index in [1.165, 1.54) is 0 Å². The molecule has 0 atom stereocenters. The molecule has 1 aliphatic rings. The Labute approximate surface area is 122 Å². The van der Waals surface area contributed by atoms with Crippen LogP contribution < -0.4 is 10.4 Å². The summed E-state index contributed by atoms with van der Waals surface area (Å²) in [6, 6.07) is 2.12. The second-order valence-corrected chi connectivity index (χ2v) is 6.48. The highest BCUT2D eigenvalue weighted by Crippen LogP contribution is 2.36. The minimum absolute atomic E-state index is 0.320. The molecule has 1 aliphatic heterocycles. The van der Waals surface area contributed by atoms with Crippen molar-refractivity contribution in [3.05, 3.63) is 18.0 Å². The van der Waals surface area contributed by atoms with E-state index in [-0.39, 0.29) is 18.3 Å². The van der Waals surface area contributed by atoms with Crippen molar-refractivity contribution in [3.8, 4) is 0 Å². The zero-order valence-electron chi connectivity index (χ0n) is 13.7. The van der Waals surface area contributed by atoms with Gasteiger partial charge in [-0.25, -0.2) is 0 Å². The fraction of sp³-hybridized carbons (Fsp3) is 0.667. The third-order valence-electron chi connectivity index (χ3n) is 4.49. The first kappa shape index (κ1) is 15.3. The molecule has 1 saturated heterocycles. The molecule has 0 N–H and O–H groups in total. The van der Waals surface area contributed by atoms with Gasteiger partial charge in [0.2, 0.25) is 0 Å². The maximum Gasteiger partial charge on any atom is 0.496 e. The van der Waals surface area contributed by atoms with E-state index in [1.807, 2.05) is 13.1 Å². The average Bonchev–Trinajstić information content (AvgIpc) is 2.58. The van der Waals surface area contributed by atoms with Crippen LogP contribution in [0.15, 0.2) is 12.3 Å². The lowest BCUT2D eigenvalue weighted by Crippen LogP contribution is -2.41. The summed E-state index contributed by atoms with van der Waals surface area (Å²) in [4.78, 5) is 6.66. The van der Waals surface area contributed by atoms with E-state index in [1.54, 1.807) is 0 Å². The minimum atomic E-state index is -0.350. The summed E-state index contributed by atoms with van der Waals surface area (Å²) in [5, 5.41) is 0. The maximum absolute atomic E-state index is 6.08. The van der Waals surface area contributed by atoms with Crippen molar-refractivity contribution in [3.63, 3.8) is 0 Å². The predicted molar refractivity (Wildman–Crippen MR) is 83.6 cm³/mol. The number of aromatic nitrogens is 1. The smallest absolute Gasteiger partial charge is 0.399 e. The Morgan fingerprint density at radius 2 is 1.75 bits per heavy atom. The highest BCUT2D eigenvalue weighted by Gasteiger charge is 2.51. The largest absolute Gasteiger partial charge is 0.496 e. The van der Waals surface area contributed by atoms with Crippen LogP contribution in [0.3, 0.4) is 0 Å². The molecule has 0 bridgehead atoms. The van der Waals surface area contributed by atoms with Gasteiger partial charge in [-0.2, -0.15) is 0 Å². The summed E-state index contributed by atoms with van der Waals surface area (Å²) < 4.78 is 12.2. The van der Waals surface area contributed by atoms with Crippen LogP contribution in [0.1, 0.15) is 40.3 Å². The second-order valence-electron chi connectivity index (χ2n) is 6.48. The van der Waals surface area contributed by atoms with Gasteiger partial charge in [0.1, 0.15) is 0 Å². The summed E-state index contributed by atoms with van der Waals surface area (Å²) in [6.45, 7) is 13.3. The molecule has 2 heterocycles. The molecule has 0 aromatic carbocycles. The molecule has 0 aliphatic carbocycles. The molecule has 0 amide bonds. The number of hydrogen-bond acceptors (Lipinski definition) is 4. The molecule has 1 fully saturated rings. The molecule has 0 saturated carbocycles. The molecule has 1 aromatic heterocycles. The summed E-state index contributed by atoms with van der Waals surface area (Å²) in [7, 11) is 1.72. The number of hydrogen-bond donors (Lipinski definition) is 0. The van der Waals surface area contributed by atoms with Crippen LogP contribution >= 0.6 is 0 Å². The minimum Gasteiger partial charge on any atom is -0.399 e. The molecule has 4 nitrogen and oxygen atoms in total. The van der Waals surface area contributed by atoms with E-state index in [9.17, 15) is 0 Å². The number of aryl methyl sites for hydroxylation is 1. The molecule has 0 radical (unpaired) electrons. The van der Waals surface area contributed by atoms with E-state index < -0.39 is 0 Å². The van der Waals surface area contributed by atoms with Crippen LogP contribution in [0.25, 0.3) is 0 Å². The van der Waals surface area contributed by atoms with Crippen molar-refractivity contribution in [2.45, 2.75) is 52.7 Å². The van der Waals surface area contributed by atoms with Gasteiger partial charge in [0, 0.05) is 25.3 Å². The van der Waals surface area contributed by atoms with Crippen LogP contribution in [0.2, 0.25) is 0 Å². The van der Waals surface area contributed by atoms with Gasteiger partial charge < -0.3 is 14.2 Å². The molecule has 20 heavy (non-hydrogen) atoms. The summed E-state index contributed by atoms with van der Waals surface area (Å²) in [5.74, 6) is 0. The molecule has 5 heteroatoms. The van der Waals surface area contributed by atoms with Crippen LogP contribution in [0.4, 0.5) is 5.69 Å². The highest BCUT2D eigenvalue weighted by atomic mass is 16.7. The van der Waals surface area contributed by atoms with Crippen LogP contribution in [-0.4, -0.2) is 36.9 Å². The van der Waals surface area contributed by atoms with Gasteiger partial charge in [-0.1, -0.05) is 0 Å². The third-order valence-corrected chi connectivity index (χ3v) is 4.49. The molecule has 0 spiro atoms. The monoisotopic (exact) mass is 276 g/mol. The standard InChI is InChI=1S/C15H25BN2O2/c1-8-18(7)13-9-12(10-17-11(13)2)16-19-14(3,4)15(5,6)20-16/h9-10H,8H2,1-7H3. The van der Waals surface area contributed by atoms with E-state index in [0.717, 1.165) is 23.4 Å². The van der Waals surface area contributed by atoms with E-state index in [4.69, 9.17) is 9.31 Å². The lowest BCUT2D eigenvalue weighted by Gasteiger charge is -2.32. The Balaban J connectivity index is 2.32. The maximum atomic E-state index is 6.08. The number of anilines is 1. The number of nitrogens with zero attached hydrogens (tertiary/aromatic N) is 2. The SMILES string of the molecule is CCN(C)c1cc(B2OC(C)(C)C(C)(C)O2)cnc1C. The molecule has 1 aromatic rings. The van der Waals surface area contributed by atoms with Crippen LogP contribution in [0.5, 0.6) is 0 Å². The van der Waals surface area contributed by atoms with Gasteiger partial charge >= 0.3 is 7.12 Å². The van der Waals surface area contributed by atoms with Crippen molar-refractivity contribution in [1.82, 2.24) is 4.98 Å². The van der Waals surface area contributed by atoms with Crippen molar-refractivity contribution < 1.29 is 9.31 Å². The van der Waals surface area contributed by atoms with Crippen molar-refractivity contribution in [2.75, 3.05) is 18.5 Å². The number of rotatable bonds is 3. The quantitative estimate of drug-likeness (QED) is 0.792. The lowest BCUT2D eigenvalue weighted by molar-refractivity contribution is 0.00578. The Bertz CT molecular complexity index is 487. The van der Waals surface area contributed by atoms with Crippen LogP contribution in [-0.2, 0) is 9.31 Å². The highest BCUT2D eigenvalue weighted by molar-refractivity contribution is 6.62. The molecular weight excluding hydrogens is 251 g/mol. The van der Waals surface area contributed by atoms with E-state index >= 15 is 0 Å². The first-order valence-corrected chi connectivity index (χ1v) is 7.21. The zero-order valence-corrected chi connectivity index (χ0v) is 13.7. The second kappa shape index (κ2) is 5.04. The summed E-state index contributed by atoms with van der Waals surface area (Å²) in [5.41, 5.74) is 2.48. The van der Waals surface area contributed by atoms with Gasteiger partial charge in [-0.15, -0.1) is 0 Å². The first-order valence-electron chi connectivity index (χ1n) is 7.21.